The van der Waals surface area contributed by atoms with E-state index in [2.05, 4.69) is 22.7 Å². The van der Waals surface area contributed by atoms with Crippen molar-refractivity contribution in [3.63, 3.8) is 0 Å². The van der Waals surface area contributed by atoms with E-state index >= 15 is 0 Å². The van der Waals surface area contributed by atoms with Gasteiger partial charge in [-0.15, -0.1) is 0 Å². The van der Waals surface area contributed by atoms with E-state index in [-0.39, 0.29) is 5.91 Å². The topological polar surface area (TPSA) is 41.5 Å². The molecule has 3 rings (SSSR count). The van der Waals surface area contributed by atoms with Crippen molar-refractivity contribution in [1.29, 1.82) is 0 Å². The summed E-state index contributed by atoms with van der Waals surface area (Å²) in [6.07, 6.45) is 3.44. The Morgan fingerprint density at radius 3 is 2.08 bits per heavy atom. The Morgan fingerprint density at radius 2 is 1.40 bits per heavy atom. The van der Waals surface area contributed by atoms with E-state index in [1.165, 1.54) is 5.56 Å². The number of rotatable bonds is 6. The Bertz CT molecular complexity index is 825. The average molecular weight is 328 g/mol. The third-order valence-corrected chi connectivity index (χ3v) is 3.92. The van der Waals surface area contributed by atoms with Gasteiger partial charge in [-0.2, -0.15) is 5.10 Å². The van der Waals surface area contributed by atoms with Gasteiger partial charge in [0.15, 0.2) is 0 Å². The van der Waals surface area contributed by atoms with Gasteiger partial charge in [0, 0.05) is 11.8 Å². The Labute approximate surface area is 148 Å². The van der Waals surface area contributed by atoms with Crippen LogP contribution in [-0.2, 0) is 6.42 Å². The van der Waals surface area contributed by atoms with E-state index in [4.69, 9.17) is 0 Å². The Hall–Kier alpha value is -3.20. The number of carbonyl (C=O) groups is 1. The van der Waals surface area contributed by atoms with E-state index in [0.29, 0.717) is 5.56 Å². The van der Waals surface area contributed by atoms with Crippen LogP contribution in [0.5, 0.6) is 0 Å². The van der Waals surface area contributed by atoms with Crippen molar-refractivity contribution < 1.29 is 4.79 Å². The quantitative estimate of drug-likeness (QED) is 0.517. The highest BCUT2D eigenvalue weighted by molar-refractivity contribution is 5.94. The number of hydrazone groups is 1. The van der Waals surface area contributed by atoms with E-state index in [1.54, 1.807) is 6.21 Å². The summed E-state index contributed by atoms with van der Waals surface area (Å²) in [5.74, 6) is -0.199. The number of amides is 1. The summed E-state index contributed by atoms with van der Waals surface area (Å²) < 4.78 is 0. The third kappa shape index (κ3) is 4.88. The average Bonchev–Trinajstić information content (AvgIpc) is 2.69. The second-order valence-electron chi connectivity index (χ2n) is 5.72. The van der Waals surface area contributed by atoms with Crippen LogP contribution in [0.3, 0.4) is 0 Å². The summed E-state index contributed by atoms with van der Waals surface area (Å²) in [7, 11) is 0. The molecule has 0 aliphatic carbocycles. The number of benzene rings is 3. The molecule has 0 aliphatic heterocycles. The molecule has 0 bridgehead atoms. The van der Waals surface area contributed by atoms with Crippen LogP contribution in [0.15, 0.2) is 90.0 Å². The minimum Gasteiger partial charge on any atom is -0.267 e. The highest BCUT2D eigenvalue weighted by Gasteiger charge is 2.04. The molecule has 0 atom stereocenters. The molecular weight excluding hydrogens is 308 g/mol. The Kier molecular flexibility index (Phi) is 5.73. The SMILES string of the molecule is O=C(NN=CCCc1ccccc1)c1ccc(-c2ccccc2)cc1. The van der Waals surface area contributed by atoms with Gasteiger partial charge in [-0.05, 0) is 41.7 Å². The van der Waals surface area contributed by atoms with Gasteiger partial charge in [-0.25, -0.2) is 5.43 Å². The zero-order chi connectivity index (χ0) is 17.3. The van der Waals surface area contributed by atoms with Crippen LogP contribution < -0.4 is 5.43 Å². The maximum absolute atomic E-state index is 12.1. The highest BCUT2D eigenvalue weighted by Crippen LogP contribution is 2.19. The first-order chi connectivity index (χ1) is 12.3. The van der Waals surface area contributed by atoms with Crippen molar-refractivity contribution in [3.8, 4) is 11.1 Å². The monoisotopic (exact) mass is 328 g/mol. The molecule has 0 fully saturated rings. The molecule has 3 nitrogen and oxygen atoms in total. The van der Waals surface area contributed by atoms with Gasteiger partial charge in [0.05, 0.1) is 0 Å². The molecular formula is C22H20N2O. The molecule has 3 aromatic carbocycles. The van der Waals surface area contributed by atoms with Gasteiger partial charge >= 0.3 is 0 Å². The summed E-state index contributed by atoms with van der Waals surface area (Å²) in [6, 6.07) is 27.8. The van der Waals surface area contributed by atoms with Gasteiger partial charge in [0.2, 0.25) is 0 Å². The van der Waals surface area contributed by atoms with E-state index in [0.717, 1.165) is 24.0 Å². The van der Waals surface area contributed by atoms with Crippen LogP contribution in [-0.4, -0.2) is 12.1 Å². The largest absolute Gasteiger partial charge is 0.271 e. The summed E-state index contributed by atoms with van der Waals surface area (Å²) in [6.45, 7) is 0. The van der Waals surface area contributed by atoms with Crippen molar-refractivity contribution in [2.75, 3.05) is 0 Å². The molecule has 3 aromatic rings. The summed E-state index contributed by atoms with van der Waals surface area (Å²) in [5, 5.41) is 4.02. The zero-order valence-corrected chi connectivity index (χ0v) is 13.9. The molecule has 25 heavy (non-hydrogen) atoms. The number of aryl methyl sites for hydroxylation is 1. The van der Waals surface area contributed by atoms with E-state index in [1.807, 2.05) is 72.8 Å². The first kappa shape index (κ1) is 16.7. The van der Waals surface area contributed by atoms with Gasteiger partial charge in [-0.3, -0.25) is 4.79 Å². The molecule has 124 valence electrons. The van der Waals surface area contributed by atoms with E-state index < -0.39 is 0 Å². The minimum absolute atomic E-state index is 0.199. The lowest BCUT2D eigenvalue weighted by atomic mass is 10.0. The number of nitrogens with one attached hydrogen (secondary N) is 1. The fourth-order valence-electron chi connectivity index (χ4n) is 2.55. The van der Waals surface area contributed by atoms with Crippen LogP contribution in [0.2, 0.25) is 0 Å². The van der Waals surface area contributed by atoms with Gasteiger partial charge < -0.3 is 0 Å². The fourth-order valence-corrected chi connectivity index (χ4v) is 2.55. The summed E-state index contributed by atoms with van der Waals surface area (Å²) >= 11 is 0. The lowest BCUT2D eigenvalue weighted by Gasteiger charge is -2.03. The minimum atomic E-state index is -0.199. The second-order valence-corrected chi connectivity index (χ2v) is 5.72. The van der Waals surface area contributed by atoms with Crippen LogP contribution >= 0.6 is 0 Å². The van der Waals surface area contributed by atoms with Gasteiger partial charge in [0.1, 0.15) is 0 Å². The number of hydrogen-bond donors (Lipinski definition) is 1. The molecule has 0 heterocycles. The van der Waals surface area contributed by atoms with Crippen LogP contribution in [0, 0.1) is 0 Å². The van der Waals surface area contributed by atoms with Gasteiger partial charge in [-0.1, -0.05) is 72.8 Å². The fraction of sp³-hybridized carbons (Fsp3) is 0.0909. The molecule has 0 spiro atoms. The number of nitrogens with zero attached hydrogens (tertiary/aromatic N) is 1. The second kappa shape index (κ2) is 8.60. The first-order valence-corrected chi connectivity index (χ1v) is 8.34. The van der Waals surface area contributed by atoms with Gasteiger partial charge in [0.25, 0.3) is 5.91 Å². The first-order valence-electron chi connectivity index (χ1n) is 8.34. The smallest absolute Gasteiger partial charge is 0.267 e. The molecule has 0 unspecified atom stereocenters. The van der Waals surface area contributed by atoms with E-state index in [9.17, 15) is 4.79 Å². The maximum atomic E-state index is 12.1. The number of hydrogen-bond acceptors (Lipinski definition) is 2. The lowest BCUT2D eigenvalue weighted by Crippen LogP contribution is -2.17. The third-order valence-electron chi connectivity index (χ3n) is 3.92. The molecule has 1 amide bonds. The Balaban J connectivity index is 1.50. The highest BCUT2D eigenvalue weighted by atomic mass is 16.2. The molecule has 1 N–H and O–H groups in total. The van der Waals surface area contributed by atoms with Crippen LogP contribution in [0.25, 0.3) is 11.1 Å². The predicted octanol–water partition coefficient (Wildman–Crippen LogP) is 4.70. The predicted molar refractivity (Wildman–Crippen MR) is 103 cm³/mol. The summed E-state index contributed by atoms with van der Waals surface area (Å²) in [5.41, 5.74) is 6.65. The molecule has 0 aliphatic rings. The van der Waals surface area contributed by atoms with Crippen molar-refractivity contribution in [1.82, 2.24) is 5.43 Å². The van der Waals surface area contributed by atoms with Crippen LogP contribution in [0.4, 0.5) is 0 Å². The molecule has 0 aromatic heterocycles. The number of carbonyl (C=O) groups excluding carboxylic acids is 1. The molecule has 0 saturated carbocycles. The van der Waals surface area contributed by atoms with Crippen molar-refractivity contribution in [2.45, 2.75) is 12.8 Å². The van der Waals surface area contributed by atoms with Crippen LogP contribution in [0.1, 0.15) is 22.3 Å². The van der Waals surface area contributed by atoms with Crippen molar-refractivity contribution in [3.05, 3.63) is 96.1 Å². The molecule has 0 radical (unpaired) electrons. The lowest BCUT2D eigenvalue weighted by molar-refractivity contribution is 0.0955. The standard InChI is InChI=1S/C22H20N2O/c25-22(24-23-17-7-10-18-8-3-1-4-9-18)21-15-13-20(14-16-21)19-11-5-2-6-12-19/h1-6,8-9,11-17H,7,10H2,(H,24,25). The van der Waals surface area contributed by atoms with Crippen molar-refractivity contribution >= 4 is 12.1 Å². The molecule has 0 saturated heterocycles. The maximum Gasteiger partial charge on any atom is 0.271 e. The normalized spacial score (nSPS) is 10.7. The van der Waals surface area contributed by atoms with Crippen molar-refractivity contribution in [2.24, 2.45) is 5.10 Å². The Morgan fingerprint density at radius 1 is 0.800 bits per heavy atom. The zero-order valence-electron chi connectivity index (χ0n) is 13.9. The molecule has 3 heteroatoms. The summed E-state index contributed by atoms with van der Waals surface area (Å²) in [4.78, 5) is 12.1.